The minimum atomic E-state index is -0.524. The quantitative estimate of drug-likeness (QED) is 0.422. The summed E-state index contributed by atoms with van der Waals surface area (Å²) in [4.78, 5) is 27.3. The maximum absolute atomic E-state index is 13.1. The summed E-state index contributed by atoms with van der Waals surface area (Å²) in [7, 11) is 0. The van der Waals surface area contributed by atoms with Crippen molar-refractivity contribution in [2.45, 2.75) is 45.8 Å². The maximum atomic E-state index is 13.1. The predicted molar refractivity (Wildman–Crippen MR) is 128 cm³/mol. The number of esters is 1. The molecule has 0 saturated carbocycles. The Balaban J connectivity index is 1.52. The molecule has 0 aliphatic carbocycles. The van der Waals surface area contributed by atoms with E-state index in [-0.39, 0.29) is 17.8 Å². The summed E-state index contributed by atoms with van der Waals surface area (Å²) in [6.45, 7) is 7.93. The van der Waals surface area contributed by atoms with Gasteiger partial charge in [0.25, 0.3) is 5.91 Å². The number of hydrogen-bond donors (Lipinski definition) is 0. The fourth-order valence-corrected chi connectivity index (χ4v) is 3.93. The van der Waals surface area contributed by atoms with Gasteiger partial charge in [0, 0.05) is 16.3 Å². The third-order valence-corrected chi connectivity index (χ3v) is 5.81. The lowest BCUT2D eigenvalue weighted by Gasteiger charge is -2.23. The molecule has 1 heterocycles. The van der Waals surface area contributed by atoms with Gasteiger partial charge in [0.2, 0.25) is 0 Å². The van der Waals surface area contributed by atoms with Crippen LogP contribution in [0.2, 0.25) is 5.02 Å². The molecule has 3 aromatic carbocycles. The Labute approximate surface area is 193 Å². The first-order valence-electron chi connectivity index (χ1n) is 10.7. The molecule has 0 fully saturated rings. The molecule has 1 amide bonds. The van der Waals surface area contributed by atoms with Gasteiger partial charge in [0.15, 0.2) is 0 Å². The molecule has 1 aliphatic rings. The standard InChI is InChI=1S/C27H26ClNO3/c1-17(26(31)32-27(2,3)4)18-9-13-23(14-10-18)29-16-21-6-5-20(15-24(21)25(29)30)19-7-11-22(28)12-8-19/h5-15,17H,16H2,1-4H3. The molecule has 1 unspecified atom stereocenters. The minimum Gasteiger partial charge on any atom is -0.460 e. The van der Waals surface area contributed by atoms with E-state index in [1.165, 1.54) is 0 Å². The molecule has 32 heavy (non-hydrogen) atoms. The summed E-state index contributed by atoms with van der Waals surface area (Å²) in [6.07, 6.45) is 0. The second kappa shape index (κ2) is 8.44. The topological polar surface area (TPSA) is 46.6 Å². The van der Waals surface area contributed by atoms with E-state index in [1.54, 1.807) is 4.90 Å². The maximum Gasteiger partial charge on any atom is 0.313 e. The lowest BCUT2D eigenvalue weighted by Crippen LogP contribution is -2.27. The molecular weight excluding hydrogens is 422 g/mol. The van der Waals surface area contributed by atoms with Gasteiger partial charge in [-0.05, 0) is 80.3 Å². The van der Waals surface area contributed by atoms with Gasteiger partial charge >= 0.3 is 5.97 Å². The number of ether oxygens (including phenoxy) is 1. The first-order chi connectivity index (χ1) is 15.1. The zero-order chi connectivity index (χ0) is 23.0. The fraction of sp³-hybridized carbons (Fsp3) is 0.259. The number of carbonyl (C=O) groups excluding carboxylic acids is 2. The third kappa shape index (κ3) is 4.56. The van der Waals surface area contributed by atoms with Crippen molar-refractivity contribution in [3.05, 3.63) is 88.4 Å². The van der Waals surface area contributed by atoms with Crippen LogP contribution in [0, 0.1) is 0 Å². The monoisotopic (exact) mass is 447 g/mol. The van der Waals surface area contributed by atoms with Crippen LogP contribution in [0.4, 0.5) is 5.69 Å². The van der Waals surface area contributed by atoms with E-state index in [1.807, 2.05) is 94.4 Å². The minimum absolute atomic E-state index is 0.0243. The Bertz CT molecular complexity index is 1160. The molecule has 0 radical (unpaired) electrons. The molecule has 1 atom stereocenters. The highest BCUT2D eigenvalue weighted by Crippen LogP contribution is 2.33. The molecular formula is C27H26ClNO3. The van der Waals surface area contributed by atoms with Crippen molar-refractivity contribution < 1.29 is 14.3 Å². The van der Waals surface area contributed by atoms with Crippen LogP contribution in [-0.2, 0) is 16.1 Å². The number of benzene rings is 3. The first kappa shape index (κ1) is 22.1. The van der Waals surface area contributed by atoms with Crippen LogP contribution < -0.4 is 4.90 Å². The van der Waals surface area contributed by atoms with Gasteiger partial charge in [-0.2, -0.15) is 0 Å². The normalized spacial score (nSPS) is 14.3. The van der Waals surface area contributed by atoms with Crippen LogP contribution >= 0.6 is 11.6 Å². The highest BCUT2D eigenvalue weighted by atomic mass is 35.5. The average Bonchev–Trinajstić information content (AvgIpc) is 3.08. The molecule has 0 spiro atoms. The molecule has 164 valence electrons. The number of carbonyl (C=O) groups is 2. The highest BCUT2D eigenvalue weighted by Gasteiger charge is 2.29. The molecule has 5 heteroatoms. The van der Waals surface area contributed by atoms with Gasteiger partial charge in [-0.1, -0.05) is 48.0 Å². The van der Waals surface area contributed by atoms with Gasteiger partial charge in [0.1, 0.15) is 5.60 Å². The molecule has 3 aromatic rings. The molecule has 0 saturated heterocycles. The highest BCUT2D eigenvalue weighted by molar-refractivity contribution is 6.30. The Kier molecular flexibility index (Phi) is 5.83. The number of rotatable bonds is 4. The second-order valence-electron chi connectivity index (χ2n) is 9.12. The van der Waals surface area contributed by atoms with Crippen molar-refractivity contribution >= 4 is 29.2 Å². The van der Waals surface area contributed by atoms with Crippen LogP contribution in [0.1, 0.15) is 55.1 Å². The summed E-state index contributed by atoms with van der Waals surface area (Å²) < 4.78 is 5.49. The summed E-state index contributed by atoms with van der Waals surface area (Å²) in [5, 5.41) is 0.682. The van der Waals surface area contributed by atoms with Crippen molar-refractivity contribution in [2.24, 2.45) is 0 Å². The van der Waals surface area contributed by atoms with Gasteiger partial charge in [0.05, 0.1) is 12.5 Å². The van der Waals surface area contributed by atoms with Crippen molar-refractivity contribution in [1.82, 2.24) is 0 Å². The van der Waals surface area contributed by atoms with Crippen molar-refractivity contribution in [3.8, 4) is 11.1 Å². The van der Waals surface area contributed by atoms with Crippen LogP contribution in [0.5, 0.6) is 0 Å². The average molecular weight is 448 g/mol. The zero-order valence-corrected chi connectivity index (χ0v) is 19.4. The van der Waals surface area contributed by atoms with Crippen LogP contribution in [0.25, 0.3) is 11.1 Å². The Hall–Kier alpha value is -3.11. The van der Waals surface area contributed by atoms with E-state index >= 15 is 0 Å². The fourth-order valence-electron chi connectivity index (χ4n) is 3.80. The third-order valence-electron chi connectivity index (χ3n) is 5.56. The summed E-state index contributed by atoms with van der Waals surface area (Å²) in [6, 6.07) is 21.1. The summed E-state index contributed by atoms with van der Waals surface area (Å²) in [5.41, 5.74) is 4.85. The van der Waals surface area contributed by atoms with E-state index < -0.39 is 5.60 Å². The van der Waals surface area contributed by atoms with Crippen molar-refractivity contribution in [1.29, 1.82) is 0 Å². The number of fused-ring (bicyclic) bond motifs is 1. The molecule has 4 nitrogen and oxygen atoms in total. The number of amides is 1. The molecule has 0 N–H and O–H groups in total. The van der Waals surface area contributed by atoms with Gasteiger partial charge in [-0.25, -0.2) is 0 Å². The molecule has 0 aromatic heterocycles. The van der Waals surface area contributed by atoms with Crippen LogP contribution in [-0.4, -0.2) is 17.5 Å². The smallest absolute Gasteiger partial charge is 0.313 e. The van der Waals surface area contributed by atoms with Gasteiger partial charge in [-0.15, -0.1) is 0 Å². The number of anilines is 1. The molecule has 1 aliphatic heterocycles. The largest absolute Gasteiger partial charge is 0.460 e. The Morgan fingerprint density at radius 3 is 2.22 bits per heavy atom. The lowest BCUT2D eigenvalue weighted by atomic mass is 10.0. The first-order valence-corrected chi connectivity index (χ1v) is 11.0. The van der Waals surface area contributed by atoms with E-state index in [9.17, 15) is 9.59 Å². The zero-order valence-electron chi connectivity index (χ0n) is 18.7. The number of nitrogens with zero attached hydrogens (tertiary/aromatic N) is 1. The van der Waals surface area contributed by atoms with E-state index in [2.05, 4.69) is 0 Å². The van der Waals surface area contributed by atoms with Crippen LogP contribution in [0.15, 0.2) is 66.7 Å². The van der Waals surface area contributed by atoms with E-state index in [0.717, 1.165) is 27.9 Å². The van der Waals surface area contributed by atoms with E-state index in [4.69, 9.17) is 16.3 Å². The van der Waals surface area contributed by atoms with Gasteiger partial charge < -0.3 is 9.64 Å². The van der Waals surface area contributed by atoms with Gasteiger partial charge in [-0.3, -0.25) is 9.59 Å². The molecule has 0 bridgehead atoms. The van der Waals surface area contributed by atoms with Crippen molar-refractivity contribution in [3.63, 3.8) is 0 Å². The summed E-state index contributed by atoms with van der Waals surface area (Å²) in [5.74, 6) is -0.662. The van der Waals surface area contributed by atoms with Crippen molar-refractivity contribution in [2.75, 3.05) is 4.90 Å². The predicted octanol–water partition coefficient (Wildman–Crippen LogP) is 6.61. The number of halogens is 1. The SMILES string of the molecule is CC(C(=O)OC(C)(C)C)c1ccc(N2Cc3ccc(-c4ccc(Cl)cc4)cc3C2=O)cc1. The Morgan fingerprint density at radius 2 is 1.59 bits per heavy atom. The molecule has 4 rings (SSSR count). The summed E-state index contributed by atoms with van der Waals surface area (Å²) >= 11 is 5.99. The van der Waals surface area contributed by atoms with E-state index in [0.29, 0.717) is 17.1 Å². The number of hydrogen-bond acceptors (Lipinski definition) is 3. The second-order valence-corrected chi connectivity index (χ2v) is 9.55. The Morgan fingerprint density at radius 1 is 0.969 bits per heavy atom. The lowest BCUT2D eigenvalue weighted by molar-refractivity contribution is -0.156. The van der Waals surface area contributed by atoms with Crippen LogP contribution in [0.3, 0.4) is 0 Å².